The number of amides is 2. The highest BCUT2D eigenvalue weighted by Gasteiger charge is 2.43. The summed E-state index contributed by atoms with van der Waals surface area (Å²) in [5.41, 5.74) is 0.936. The number of hydrogen-bond acceptors (Lipinski definition) is 4. The van der Waals surface area contributed by atoms with Crippen molar-refractivity contribution in [2.45, 2.75) is 12.5 Å². The largest absolute Gasteiger partial charge is 0.288 e. The van der Waals surface area contributed by atoms with Crippen LogP contribution in [0.2, 0.25) is 5.02 Å². The Morgan fingerprint density at radius 3 is 2.42 bits per heavy atom. The molecule has 4 rings (SSSR count). The first kappa shape index (κ1) is 16.6. The molecule has 0 spiro atoms. The first-order chi connectivity index (χ1) is 12.6. The first-order valence-corrected chi connectivity index (χ1v) is 8.52. The summed E-state index contributed by atoms with van der Waals surface area (Å²) in [5.74, 6) is -0.798. The molecule has 5 nitrogen and oxygen atoms in total. The molecule has 0 bridgehead atoms. The van der Waals surface area contributed by atoms with Crippen LogP contribution in [0.5, 0.6) is 0 Å². The third-order valence-electron chi connectivity index (χ3n) is 4.52. The summed E-state index contributed by atoms with van der Waals surface area (Å²) in [7, 11) is 0. The lowest BCUT2D eigenvalue weighted by Crippen LogP contribution is -2.40. The molecule has 1 heterocycles. The minimum Gasteiger partial charge on any atom is -0.288 e. The number of benzene rings is 3. The highest BCUT2D eigenvalue weighted by atomic mass is 35.5. The van der Waals surface area contributed by atoms with Crippen molar-refractivity contribution in [1.82, 2.24) is 0 Å². The van der Waals surface area contributed by atoms with Gasteiger partial charge in [0.05, 0.1) is 17.8 Å². The number of rotatable bonds is 3. The molecule has 0 aliphatic carbocycles. The van der Waals surface area contributed by atoms with E-state index >= 15 is 0 Å². The van der Waals surface area contributed by atoms with Gasteiger partial charge in [0.2, 0.25) is 5.91 Å². The number of nitrogens with zero attached hydrogens (tertiary/aromatic N) is 2. The molecule has 26 heavy (non-hydrogen) atoms. The van der Waals surface area contributed by atoms with Gasteiger partial charge in [-0.2, -0.15) is 0 Å². The minimum absolute atomic E-state index is 0.0961. The molecule has 1 fully saturated rings. The van der Waals surface area contributed by atoms with Crippen molar-refractivity contribution in [2.75, 3.05) is 9.96 Å². The predicted octanol–water partition coefficient (Wildman–Crippen LogP) is 4.02. The lowest BCUT2D eigenvalue weighted by Gasteiger charge is -2.23. The molecule has 1 N–H and O–H groups in total. The normalized spacial score (nSPS) is 17.2. The second kappa shape index (κ2) is 6.44. The van der Waals surface area contributed by atoms with Gasteiger partial charge in [-0.1, -0.05) is 48.0 Å². The third-order valence-corrected chi connectivity index (χ3v) is 4.77. The summed E-state index contributed by atoms with van der Waals surface area (Å²) in [6, 6.07) is 18.5. The van der Waals surface area contributed by atoms with E-state index in [2.05, 4.69) is 0 Å². The summed E-state index contributed by atoms with van der Waals surface area (Å²) in [4.78, 5) is 26.7. The van der Waals surface area contributed by atoms with Crippen LogP contribution >= 0.6 is 11.6 Å². The van der Waals surface area contributed by atoms with Gasteiger partial charge in [0, 0.05) is 10.4 Å². The van der Waals surface area contributed by atoms with Gasteiger partial charge in [-0.25, -0.2) is 9.96 Å². The molecule has 130 valence electrons. The lowest BCUT2D eigenvalue weighted by molar-refractivity contribution is -0.121. The first-order valence-electron chi connectivity index (χ1n) is 8.14. The molecular formula is C20H15ClN2O3. The Bertz CT molecular complexity index is 998. The zero-order chi connectivity index (χ0) is 18.3. The van der Waals surface area contributed by atoms with E-state index in [0.29, 0.717) is 16.4 Å². The molecule has 3 aromatic rings. The molecule has 0 radical (unpaired) electrons. The van der Waals surface area contributed by atoms with Crippen molar-refractivity contribution in [3.05, 3.63) is 71.8 Å². The number of carbonyl (C=O) groups is 2. The van der Waals surface area contributed by atoms with Gasteiger partial charge in [-0.3, -0.25) is 14.8 Å². The summed E-state index contributed by atoms with van der Waals surface area (Å²) in [6.07, 6.45) is -0.0961. The Labute approximate surface area is 155 Å². The lowest BCUT2D eigenvalue weighted by atomic mass is 10.1. The molecule has 0 aromatic heterocycles. The number of halogens is 1. The third kappa shape index (κ3) is 2.71. The SMILES string of the molecule is O=C1CC(N(O)c2ccc(Cl)cc2)C(=O)N1c1cccc2ccccc12. The van der Waals surface area contributed by atoms with Gasteiger partial charge in [-0.05, 0) is 35.7 Å². The second-order valence-electron chi connectivity index (χ2n) is 6.11. The van der Waals surface area contributed by atoms with Gasteiger partial charge in [0.25, 0.3) is 5.91 Å². The van der Waals surface area contributed by atoms with Crippen molar-refractivity contribution in [3.8, 4) is 0 Å². The highest BCUT2D eigenvalue weighted by molar-refractivity contribution is 6.30. The van der Waals surface area contributed by atoms with Crippen LogP contribution in [0.4, 0.5) is 11.4 Å². The maximum Gasteiger partial charge on any atom is 0.259 e. The van der Waals surface area contributed by atoms with Crippen LogP contribution in [0.15, 0.2) is 66.7 Å². The maximum absolute atomic E-state index is 12.9. The van der Waals surface area contributed by atoms with Gasteiger partial charge in [0.1, 0.15) is 6.04 Å². The molecule has 1 aliphatic heterocycles. The number of carbonyl (C=O) groups excluding carboxylic acids is 2. The van der Waals surface area contributed by atoms with Gasteiger partial charge in [0.15, 0.2) is 0 Å². The van der Waals surface area contributed by atoms with E-state index in [1.54, 1.807) is 30.3 Å². The van der Waals surface area contributed by atoms with E-state index < -0.39 is 11.9 Å². The van der Waals surface area contributed by atoms with Crippen LogP contribution in [-0.2, 0) is 9.59 Å². The van der Waals surface area contributed by atoms with Crippen molar-refractivity contribution >= 4 is 45.6 Å². The number of imide groups is 1. The zero-order valence-electron chi connectivity index (χ0n) is 13.7. The van der Waals surface area contributed by atoms with E-state index in [9.17, 15) is 14.8 Å². The number of anilines is 2. The summed E-state index contributed by atoms with van der Waals surface area (Å²) < 4.78 is 0. The maximum atomic E-state index is 12.9. The van der Waals surface area contributed by atoms with Gasteiger partial charge in [-0.15, -0.1) is 0 Å². The standard InChI is InChI=1S/C20H15ClN2O3/c21-14-8-10-15(11-9-14)23(26)18-12-19(24)22(20(18)25)17-7-3-5-13-4-1-2-6-16(13)17/h1-11,18,26H,12H2. The molecule has 1 unspecified atom stereocenters. The van der Waals surface area contributed by atoms with E-state index in [4.69, 9.17) is 11.6 Å². The number of hydroxylamine groups is 1. The summed E-state index contributed by atoms with van der Waals surface area (Å²) in [5, 5.41) is 13.6. The quantitative estimate of drug-likeness (QED) is 0.561. The van der Waals surface area contributed by atoms with Crippen LogP contribution in [0.1, 0.15) is 6.42 Å². The van der Waals surface area contributed by atoms with Crippen molar-refractivity contribution < 1.29 is 14.8 Å². The molecule has 1 atom stereocenters. The molecule has 3 aromatic carbocycles. The topological polar surface area (TPSA) is 60.9 Å². The van der Waals surface area contributed by atoms with Crippen LogP contribution in [0.25, 0.3) is 10.8 Å². The van der Waals surface area contributed by atoms with Gasteiger partial charge >= 0.3 is 0 Å². The Kier molecular flexibility index (Phi) is 4.11. The fraction of sp³-hybridized carbons (Fsp3) is 0.100. The van der Waals surface area contributed by atoms with E-state index in [1.165, 1.54) is 0 Å². The van der Waals surface area contributed by atoms with E-state index in [-0.39, 0.29) is 12.3 Å². The Balaban J connectivity index is 1.70. The molecule has 6 heteroatoms. The van der Waals surface area contributed by atoms with Crippen LogP contribution < -0.4 is 9.96 Å². The van der Waals surface area contributed by atoms with Crippen LogP contribution in [-0.4, -0.2) is 23.1 Å². The zero-order valence-corrected chi connectivity index (χ0v) is 14.4. The number of hydrogen-bond donors (Lipinski definition) is 1. The van der Waals surface area contributed by atoms with E-state index in [1.807, 2.05) is 36.4 Å². The minimum atomic E-state index is -0.970. The molecule has 2 amide bonds. The fourth-order valence-electron chi connectivity index (χ4n) is 3.24. The van der Waals surface area contributed by atoms with Crippen molar-refractivity contribution in [1.29, 1.82) is 0 Å². The second-order valence-corrected chi connectivity index (χ2v) is 6.54. The average Bonchev–Trinajstić information content (AvgIpc) is 2.95. The Hall–Kier alpha value is -2.89. The van der Waals surface area contributed by atoms with Crippen LogP contribution in [0.3, 0.4) is 0 Å². The summed E-state index contributed by atoms with van der Waals surface area (Å²) in [6.45, 7) is 0. The monoisotopic (exact) mass is 366 g/mol. The molecule has 1 saturated heterocycles. The van der Waals surface area contributed by atoms with Crippen molar-refractivity contribution in [3.63, 3.8) is 0 Å². The average molecular weight is 367 g/mol. The van der Waals surface area contributed by atoms with Crippen molar-refractivity contribution in [2.24, 2.45) is 0 Å². The van der Waals surface area contributed by atoms with E-state index in [0.717, 1.165) is 20.7 Å². The smallest absolute Gasteiger partial charge is 0.259 e. The van der Waals surface area contributed by atoms with Gasteiger partial charge < -0.3 is 0 Å². The van der Waals surface area contributed by atoms with Crippen LogP contribution in [0, 0.1) is 0 Å². The Morgan fingerprint density at radius 1 is 0.962 bits per heavy atom. The number of fused-ring (bicyclic) bond motifs is 1. The Morgan fingerprint density at radius 2 is 1.65 bits per heavy atom. The molecular weight excluding hydrogens is 352 g/mol. The molecule has 0 saturated carbocycles. The fourth-order valence-corrected chi connectivity index (χ4v) is 3.36. The summed E-state index contributed by atoms with van der Waals surface area (Å²) >= 11 is 5.86. The highest BCUT2D eigenvalue weighted by Crippen LogP contribution is 2.33. The predicted molar refractivity (Wildman–Crippen MR) is 101 cm³/mol. The molecule has 1 aliphatic rings.